The van der Waals surface area contributed by atoms with Crippen LogP contribution in [-0.4, -0.2) is 49.1 Å². The number of nitrogens with zero attached hydrogens (tertiary/aromatic N) is 2. The van der Waals surface area contributed by atoms with Crippen LogP contribution >= 0.6 is 0 Å². The molecule has 0 aliphatic heterocycles. The van der Waals surface area contributed by atoms with Gasteiger partial charge >= 0.3 is 0 Å². The van der Waals surface area contributed by atoms with Crippen molar-refractivity contribution >= 4 is 5.91 Å². The first-order valence-corrected chi connectivity index (χ1v) is 5.60. The van der Waals surface area contributed by atoms with Gasteiger partial charge in [-0.25, -0.2) is 0 Å². The first-order valence-electron chi connectivity index (χ1n) is 5.60. The fraction of sp³-hybridized carbons (Fsp3) is 0.500. The van der Waals surface area contributed by atoms with Gasteiger partial charge in [0, 0.05) is 44.2 Å². The topological polar surface area (TPSA) is 68.5 Å². The Hall–Kier alpha value is -1.46. The van der Waals surface area contributed by atoms with Crippen LogP contribution < -0.4 is 5.73 Å². The second-order valence-corrected chi connectivity index (χ2v) is 3.76. The fourth-order valence-corrected chi connectivity index (χ4v) is 1.53. The Morgan fingerprint density at radius 1 is 1.53 bits per heavy atom. The summed E-state index contributed by atoms with van der Waals surface area (Å²) in [6.45, 7) is 3.89. The number of hydrogen-bond acceptors (Lipinski definition) is 4. The van der Waals surface area contributed by atoms with Crippen LogP contribution in [0.15, 0.2) is 18.3 Å². The molecular formula is C12H19N3O2. The number of rotatable bonds is 6. The number of amides is 1. The van der Waals surface area contributed by atoms with Gasteiger partial charge in [-0.2, -0.15) is 0 Å². The molecule has 0 saturated carbocycles. The molecule has 5 nitrogen and oxygen atoms in total. The van der Waals surface area contributed by atoms with Crippen molar-refractivity contribution in [2.45, 2.75) is 6.92 Å². The van der Waals surface area contributed by atoms with Crippen molar-refractivity contribution in [2.75, 3.05) is 33.4 Å². The molecule has 1 rings (SSSR count). The fourth-order valence-electron chi connectivity index (χ4n) is 1.53. The van der Waals surface area contributed by atoms with Crippen LogP contribution in [0.25, 0.3) is 0 Å². The van der Waals surface area contributed by atoms with Crippen molar-refractivity contribution in [1.82, 2.24) is 9.88 Å². The molecule has 0 bridgehead atoms. The predicted octanol–water partition coefficient (Wildman–Crippen LogP) is 0.437. The number of carbonyl (C=O) groups excluding carboxylic acids is 1. The summed E-state index contributed by atoms with van der Waals surface area (Å²) < 4.78 is 4.98. The second kappa shape index (κ2) is 6.98. The lowest BCUT2D eigenvalue weighted by Gasteiger charge is -2.21. The maximum Gasteiger partial charge on any atom is 0.254 e. The quantitative estimate of drug-likeness (QED) is 0.779. The number of ether oxygens (including phenoxy) is 1. The molecule has 0 fully saturated rings. The summed E-state index contributed by atoms with van der Waals surface area (Å²) in [5.74, 6) is -0.0296. The third kappa shape index (κ3) is 4.13. The van der Waals surface area contributed by atoms with Crippen LogP contribution in [0.5, 0.6) is 0 Å². The summed E-state index contributed by atoms with van der Waals surface area (Å²) in [5, 5.41) is 0. The summed E-state index contributed by atoms with van der Waals surface area (Å²) in [7, 11) is 1.61. The van der Waals surface area contributed by atoms with Crippen LogP contribution in [0.4, 0.5) is 0 Å². The van der Waals surface area contributed by atoms with Gasteiger partial charge < -0.3 is 15.4 Å². The molecule has 0 spiro atoms. The van der Waals surface area contributed by atoms with E-state index in [2.05, 4.69) is 4.98 Å². The highest BCUT2D eigenvalue weighted by molar-refractivity contribution is 5.94. The van der Waals surface area contributed by atoms with E-state index in [1.54, 1.807) is 30.3 Å². The molecule has 0 atom stereocenters. The number of hydrogen-bond donors (Lipinski definition) is 1. The maximum absolute atomic E-state index is 12.2. The van der Waals surface area contributed by atoms with Crippen molar-refractivity contribution in [1.29, 1.82) is 0 Å². The number of aromatic nitrogens is 1. The van der Waals surface area contributed by atoms with E-state index in [0.717, 1.165) is 5.69 Å². The lowest BCUT2D eigenvalue weighted by molar-refractivity contribution is 0.0701. The van der Waals surface area contributed by atoms with Crippen molar-refractivity contribution in [3.63, 3.8) is 0 Å². The van der Waals surface area contributed by atoms with Crippen LogP contribution in [-0.2, 0) is 4.74 Å². The molecule has 2 N–H and O–H groups in total. The zero-order valence-corrected chi connectivity index (χ0v) is 10.3. The SMILES string of the molecule is COCCN(CCN)C(=O)c1ccnc(C)c1. The van der Waals surface area contributed by atoms with Crippen molar-refractivity contribution in [3.05, 3.63) is 29.6 Å². The van der Waals surface area contributed by atoms with E-state index in [0.29, 0.717) is 31.8 Å². The third-order valence-corrected chi connectivity index (χ3v) is 2.40. The summed E-state index contributed by atoms with van der Waals surface area (Å²) in [6.07, 6.45) is 1.64. The minimum atomic E-state index is -0.0296. The van der Waals surface area contributed by atoms with E-state index in [4.69, 9.17) is 10.5 Å². The van der Waals surface area contributed by atoms with Gasteiger partial charge in [0.05, 0.1) is 6.61 Å². The highest BCUT2D eigenvalue weighted by atomic mass is 16.5. The molecule has 1 heterocycles. The second-order valence-electron chi connectivity index (χ2n) is 3.76. The normalized spacial score (nSPS) is 10.3. The molecule has 0 aliphatic carbocycles. The summed E-state index contributed by atoms with van der Waals surface area (Å²) in [5.41, 5.74) is 6.97. The molecule has 94 valence electrons. The monoisotopic (exact) mass is 237 g/mol. The maximum atomic E-state index is 12.2. The number of pyridine rings is 1. The van der Waals surface area contributed by atoms with Gasteiger partial charge in [-0.05, 0) is 19.1 Å². The smallest absolute Gasteiger partial charge is 0.254 e. The summed E-state index contributed by atoms with van der Waals surface area (Å²) >= 11 is 0. The molecule has 0 saturated heterocycles. The van der Waals surface area contributed by atoms with Crippen molar-refractivity contribution in [2.24, 2.45) is 5.73 Å². The van der Waals surface area contributed by atoms with Crippen molar-refractivity contribution < 1.29 is 9.53 Å². The highest BCUT2D eigenvalue weighted by Gasteiger charge is 2.14. The van der Waals surface area contributed by atoms with E-state index < -0.39 is 0 Å². The lowest BCUT2D eigenvalue weighted by atomic mass is 10.2. The minimum absolute atomic E-state index is 0.0296. The molecule has 17 heavy (non-hydrogen) atoms. The van der Waals surface area contributed by atoms with Crippen LogP contribution in [0, 0.1) is 6.92 Å². The van der Waals surface area contributed by atoms with Gasteiger partial charge in [-0.15, -0.1) is 0 Å². The molecule has 0 aliphatic rings. The van der Waals surface area contributed by atoms with E-state index >= 15 is 0 Å². The molecule has 0 aromatic carbocycles. The van der Waals surface area contributed by atoms with Gasteiger partial charge in [0.15, 0.2) is 0 Å². The zero-order valence-electron chi connectivity index (χ0n) is 10.3. The molecule has 0 unspecified atom stereocenters. The minimum Gasteiger partial charge on any atom is -0.383 e. The lowest BCUT2D eigenvalue weighted by Crippen LogP contribution is -2.37. The first kappa shape index (κ1) is 13.6. The van der Waals surface area contributed by atoms with Gasteiger partial charge in [0.1, 0.15) is 0 Å². The van der Waals surface area contributed by atoms with E-state index in [-0.39, 0.29) is 5.91 Å². The summed E-state index contributed by atoms with van der Waals surface area (Å²) in [6, 6.07) is 3.49. The predicted molar refractivity (Wildman–Crippen MR) is 65.8 cm³/mol. The van der Waals surface area contributed by atoms with Gasteiger partial charge in [0.25, 0.3) is 5.91 Å². The third-order valence-electron chi connectivity index (χ3n) is 2.40. The van der Waals surface area contributed by atoms with Crippen molar-refractivity contribution in [3.8, 4) is 0 Å². The number of nitrogens with two attached hydrogens (primary N) is 1. The van der Waals surface area contributed by atoms with Gasteiger partial charge in [-0.3, -0.25) is 9.78 Å². The molecule has 0 radical (unpaired) electrons. The Kier molecular flexibility index (Phi) is 5.59. The Labute approximate surface area is 102 Å². The molecule has 1 amide bonds. The summed E-state index contributed by atoms with van der Waals surface area (Å²) in [4.78, 5) is 17.9. The van der Waals surface area contributed by atoms with Crippen LogP contribution in [0.3, 0.4) is 0 Å². The van der Waals surface area contributed by atoms with E-state index in [1.165, 1.54) is 0 Å². The standard InChI is InChI=1S/C12H19N3O2/c1-10-9-11(3-5-14-10)12(16)15(6-4-13)7-8-17-2/h3,5,9H,4,6-8,13H2,1-2H3. The Morgan fingerprint density at radius 3 is 2.88 bits per heavy atom. The Morgan fingerprint density at radius 2 is 2.29 bits per heavy atom. The average Bonchev–Trinajstić information content (AvgIpc) is 2.33. The van der Waals surface area contributed by atoms with Gasteiger partial charge in [-0.1, -0.05) is 0 Å². The van der Waals surface area contributed by atoms with Crippen LogP contribution in [0.1, 0.15) is 16.1 Å². The zero-order chi connectivity index (χ0) is 12.7. The number of aryl methyl sites for hydroxylation is 1. The van der Waals surface area contributed by atoms with Gasteiger partial charge in [0.2, 0.25) is 0 Å². The number of methoxy groups -OCH3 is 1. The van der Waals surface area contributed by atoms with Crippen LogP contribution in [0.2, 0.25) is 0 Å². The molecule has 1 aromatic heterocycles. The number of carbonyl (C=O) groups is 1. The average molecular weight is 237 g/mol. The Balaban J connectivity index is 2.76. The molecule has 1 aromatic rings. The molecular weight excluding hydrogens is 218 g/mol. The van der Waals surface area contributed by atoms with E-state index in [9.17, 15) is 4.79 Å². The Bertz CT molecular complexity index is 369. The van der Waals surface area contributed by atoms with E-state index in [1.807, 2.05) is 6.92 Å². The first-order chi connectivity index (χ1) is 8.19. The largest absolute Gasteiger partial charge is 0.383 e. The molecule has 5 heteroatoms. The highest BCUT2D eigenvalue weighted by Crippen LogP contribution is 2.05.